The monoisotopic (exact) mass is 252 g/mol. The van der Waals surface area contributed by atoms with Gasteiger partial charge in [-0.05, 0) is 32.0 Å². The van der Waals surface area contributed by atoms with Gasteiger partial charge in [0.05, 0.1) is 12.8 Å². The lowest BCUT2D eigenvalue weighted by atomic mass is 10.1. The molecule has 0 saturated heterocycles. The summed E-state index contributed by atoms with van der Waals surface area (Å²) in [6, 6.07) is 4.97. The second-order valence-electron chi connectivity index (χ2n) is 3.71. The van der Waals surface area contributed by atoms with Gasteiger partial charge in [-0.1, -0.05) is 5.16 Å². The molecule has 1 rings (SSSR count). The molecule has 0 aliphatic rings. The van der Waals surface area contributed by atoms with E-state index in [1.165, 1.54) is 7.11 Å². The Balaban J connectivity index is 3.04. The van der Waals surface area contributed by atoms with Crippen molar-refractivity contribution in [2.75, 3.05) is 7.11 Å². The summed E-state index contributed by atoms with van der Waals surface area (Å²) in [4.78, 5) is 10.9. The number of amides is 1. The van der Waals surface area contributed by atoms with Crippen LogP contribution in [0.15, 0.2) is 23.4 Å². The molecule has 0 fully saturated rings. The Morgan fingerprint density at radius 2 is 2.11 bits per heavy atom. The van der Waals surface area contributed by atoms with E-state index < -0.39 is 12.0 Å². The Labute approximate surface area is 105 Å². The van der Waals surface area contributed by atoms with Crippen molar-refractivity contribution in [3.05, 3.63) is 23.8 Å². The summed E-state index contributed by atoms with van der Waals surface area (Å²) < 4.78 is 10.5. The maximum Gasteiger partial charge on any atom is 0.258 e. The van der Waals surface area contributed by atoms with Crippen LogP contribution in [0.1, 0.15) is 19.4 Å². The maximum absolute atomic E-state index is 10.9. The molecule has 0 heterocycles. The molecule has 0 radical (unpaired) electrons. The summed E-state index contributed by atoms with van der Waals surface area (Å²) in [5.74, 6) is 0.274. The van der Waals surface area contributed by atoms with E-state index in [0.29, 0.717) is 22.8 Å². The first-order valence-electron chi connectivity index (χ1n) is 5.32. The summed E-state index contributed by atoms with van der Waals surface area (Å²) in [6.07, 6.45) is -0.752. The Morgan fingerprint density at radius 1 is 1.44 bits per heavy atom. The molecule has 3 N–H and O–H groups in total. The number of rotatable bonds is 5. The highest BCUT2D eigenvalue weighted by atomic mass is 16.5. The van der Waals surface area contributed by atoms with Crippen molar-refractivity contribution in [2.45, 2.75) is 20.0 Å². The van der Waals surface area contributed by atoms with Crippen LogP contribution in [0.2, 0.25) is 0 Å². The van der Waals surface area contributed by atoms with Crippen LogP contribution in [-0.4, -0.2) is 30.0 Å². The smallest absolute Gasteiger partial charge is 0.258 e. The van der Waals surface area contributed by atoms with E-state index in [1.54, 1.807) is 32.0 Å². The van der Waals surface area contributed by atoms with Crippen LogP contribution in [0.5, 0.6) is 11.5 Å². The minimum atomic E-state index is -0.752. The van der Waals surface area contributed by atoms with Crippen molar-refractivity contribution in [2.24, 2.45) is 10.9 Å². The van der Waals surface area contributed by atoms with Gasteiger partial charge in [0.2, 0.25) is 0 Å². The van der Waals surface area contributed by atoms with Crippen molar-refractivity contribution in [3.63, 3.8) is 0 Å². The Morgan fingerprint density at radius 3 is 2.61 bits per heavy atom. The summed E-state index contributed by atoms with van der Waals surface area (Å²) in [6.45, 7) is 3.21. The number of carbonyl (C=O) groups is 1. The Kier molecular flexibility index (Phi) is 4.53. The van der Waals surface area contributed by atoms with Crippen LogP contribution in [0.25, 0.3) is 0 Å². The molecule has 6 heteroatoms. The fraction of sp³-hybridized carbons (Fsp3) is 0.333. The van der Waals surface area contributed by atoms with Crippen molar-refractivity contribution in [1.29, 1.82) is 0 Å². The highest BCUT2D eigenvalue weighted by Crippen LogP contribution is 2.29. The number of hydrogen-bond donors (Lipinski definition) is 2. The van der Waals surface area contributed by atoms with Gasteiger partial charge in [0, 0.05) is 5.56 Å². The first-order chi connectivity index (χ1) is 8.49. The lowest BCUT2D eigenvalue weighted by Crippen LogP contribution is -2.30. The van der Waals surface area contributed by atoms with Gasteiger partial charge >= 0.3 is 0 Å². The zero-order valence-electron chi connectivity index (χ0n) is 10.5. The van der Waals surface area contributed by atoms with E-state index in [9.17, 15) is 4.79 Å². The lowest BCUT2D eigenvalue weighted by Gasteiger charge is -2.15. The molecule has 0 aliphatic heterocycles. The summed E-state index contributed by atoms with van der Waals surface area (Å²) in [5, 5.41) is 11.8. The van der Waals surface area contributed by atoms with Crippen molar-refractivity contribution in [3.8, 4) is 11.5 Å². The van der Waals surface area contributed by atoms with Gasteiger partial charge in [-0.2, -0.15) is 0 Å². The van der Waals surface area contributed by atoms with E-state index in [-0.39, 0.29) is 0 Å². The van der Waals surface area contributed by atoms with Crippen LogP contribution in [-0.2, 0) is 4.79 Å². The average molecular weight is 252 g/mol. The van der Waals surface area contributed by atoms with E-state index >= 15 is 0 Å². The molecule has 0 bridgehead atoms. The lowest BCUT2D eigenvalue weighted by molar-refractivity contribution is -0.124. The molecular weight excluding hydrogens is 236 g/mol. The van der Waals surface area contributed by atoms with Crippen LogP contribution >= 0.6 is 0 Å². The Hall–Kier alpha value is -2.24. The van der Waals surface area contributed by atoms with Gasteiger partial charge < -0.3 is 20.4 Å². The standard InChI is InChI=1S/C12H16N2O4/c1-7(14-16)9-4-5-10(11(6-9)17-3)18-8(2)12(13)15/h4-6,8,16H,1-3H3,(H2,13,15)/b14-7+. The molecule has 0 saturated carbocycles. The minimum Gasteiger partial charge on any atom is -0.493 e. The normalized spacial score (nSPS) is 12.9. The SMILES string of the molecule is COc1cc(/C(C)=N/O)ccc1OC(C)C(N)=O. The van der Waals surface area contributed by atoms with Gasteiger partial charge in [0.15, 0.2) is 17.6 Å². The van der Waals surface area contributed by atoms with E-state index in [1.807, 2.05) is 0 Å². The molecule has 1 aromatic rings. The predicted molar refractivity (Wildman–Crippen MR) is 66.3 cm³/mol. The van der Waals surface area contributed by atoms with E-state index in [4.69, 9.17) is 20.4 Å². The third kappa shape index (κ3) is 3.13. The molecule has 18 heavy (non-hydrogen) atoms. The second kappa shape index (κ2) is 5.90. The number of nitrogens with zero attached hydrogens (tertiary/aromatic N) is 1. The number of ether oxygens (including phenoxy) is 2. The third-order valence-electron chi connectivity index (χ3n) is 2.44. The highest BCUT2D eigenvalue weighted by Gasteiger charge is 2.14. The molecular formula is C12H16N2O4. The van der Waals surface area contributed by atoms with Gasteiger partial charge in [0.25, 0.3) is 5.91 Å². The first-order valence-corrected chi connectivity index (χ1v) is 5.32. The first kappa shape index (κ1) is 13.8. The summed E-state index contributed by atoms with van der Waals surface area (Å²) in [5.41, 5.74) is 6.25. The van der Waals surface area contributed by atoms with E-state index in [2.05, 4.69) is 5.16 Å². The molecule has 1 amide bonds. The van der Waals surface area contributed by atoms with Crippen LogP contribution in [0.4, 0.5) is 0 Å². The third-order valence-corrected chi connectivity index (χ3v) is 2.44. The minimum absolute atomic E-state index is 0.401. The molecule has 98 valence electrons. The molecule has 6 nitrogen and oxygen atoms in total. The number of benzene rings is 1. The zero-order chi connectivity index (χ0) is 13.7. The average Bonchev–Trinajstić information content (AvgIpc) is 2.37. The summed E-state index contributed by atoms with van der Waals surface area (Å²) >= 11 is 0. The molecule has 1 unspecified atom stereocenters. The zero-order valence-corrected chi connectivity index (χ0v) is 10.5. The molecule has 0 spiro atoms. The highest BCUT2D eigenvalue weighted by molar-refractivity contribution is 5.98. The molecule has 0 aromatic heterocycles. The number of oxime groups is 1. The number of methoxy groups -OCH3 is 1. The van der Waals surface area contributed by atoms with Crippen molar-refractivity contribution in [1.82, 2.24) is 0 Å². The van der Waals surface area contributed by atoms with E-state index in [0.717, 1.165) is 0 Å². The Bertz CT molecular complexity index is 471. The van der Waals surface area contributed by atoms with Crippen LogP contribution < -0.4 is 15.2 Å². The van der Waals surface area contributed by atoms with Gasteiger partial charge in [-0.25, -0.2) is 0 Å². The number of nitrogens with two attached hydrogens (primary N) is 1. The van der Waals surface area contributed by atoms with Crippen LogP contribution in [0.3, 0.4) is 0 Å². The molecule has 1 aromatic carbocycles. The predicted octanol–water partition coefficient (Wildman–Crippen LogP) is 1.15. The second-order valence-corrected chi connectivity index (χ2v) is 3.71. The fourth-order valence-electron chi connectivity index (χ4n) is 1.30. The quantitative estimate of drug-likeness (QED) is 0.467. The number of hydrogen-bond acceptors (Lipinski definition) is 5. The van der Waals surface area contributed by atoms with Crippen molar-refractivity contribution >= 4 is 11.6 Å². The van der Waals surface area contributed by atoms with Gasteiger partial charge in [0.1, 0.15) is 0 Å². The molecule has 1 atom stereocenters. The van der Waals surface area contributed by atoms with Crippen LogP contribution in [0, 0.1) is 0 Å². The maximum atomic E-state index is 10.9. The fourth-order valence-corrected chi connectivity index (χ4v) is 1.30. The molecule has 0 aliphatic carbocycles. The topological polar surface area (TPSA) is 94.1 Å². The number of carbonyl (C=O) groups excluding carboxylic acids is 1. The van der Waals surface area contributed by atoms with Gasteiger partial charge in [-0.15, -0.1) is 0 Å². The van der Waals surface area contributed by atoms with Crippen molar-refractivity contribution < 1.29 is 19.5 Å². The van der Waals surface area contributed by atoms with Gasteiger partial charge in [-0.3, -0.25) is 4.79 Å². The largest absolute Gasteiger partial charge is 0.493 e. The summed E-state index contributed by atoms with van der Waals surface area (Å²) in [7, 11) is 1.48. The number of primary amides is 1.